The van der Waals surface area contributed by atoms with E-state index in [1.807, 2.05) is 0 Å². The van der Waals surface area contributed by atoms with E-state index in [1.54, 1.807) is 55.5 Å². The maximum absolute atomic E-state index is 13.2. The molecule has 0 radical (unpaired) electrons. The highest BCUT2D eigenvalue weighted by molar-refractivity contribution is 7.92. The number of amides is 1. The van der Waals surface area contributed by atoms with Crippen LogP contribution in [-0.4, -0.2) is 33.4 Å². The summed E-state index contributed by atoms with van der Waals surface area (Å²) in [6, 6.07) is 20.6. The Morgan fingerprint density at radius 1 is 0.969 bits per heavy atom. The minimum absolute atomic E-state index is 0.0627. The van der Waals surface area contributed by atoms with Crippen LogP contribution in [0.25, 0.3) is 0 Å². The number of nitrogens with zero attached hydrogens (tertiary/aromatic N) is 1. The van der Waals surface area contributed by atoms with E-state index in [4.69, 9.17) is 16.3 Å². The number of ether oxygens (including phenoxy) is 1. The van der Waals surface area contributed by atoms with E-state index in [0.29, 0.717) is 5.69 Å². The van der Waals surface area contributed by atoms with Crippen LogP contribution in [0, 0.1) is 0 Å². The van der Waals surface area contributed by atoms with Gasteiger partial charge in [0.1, 0.15) is 6.54 Å². The zero-order valence-electron chi connectivity index (χ0n) is 17.2. The summed E-state index contributed by atoms with van der Waals surface area (Å²) in [5, 5.41) is 2.80. The topological polar surface area (TPSA) is 92.8 Å². The van der Waals surface area contributed by atoms with Crippen LogP contribution in [0.2, 0.25) is 5.02 Å². The first-order valence-electron chi connectivity index (χ1n) is 9.72. The van der Waals surface area contributed by atoms with Gasteiger partial charge in [-0.1, -0.05) is 48.0 Å². The number of para-hydroxylation sites is 1. The summed E-state index contributed by atoms with van der Waals surface area (Å²) in [5.41, 5.74) is 0.727. The van der Waals surface area contributed by atoms with Gasteiger partial charge in [0.15, 0.2) is 0 Å². The van der Waals surface area contributed by atoms with Crippen LogP contribution < -0.4 is 9.62 Å². The molecule has 0 aliphatic rings. The summed E-state index contributed by atoms with van der Waals surface area (Å²) in [6.07, 6.45) is 0. The summed E-state index contributed by atoms with van der Waals surface area (Å²) in [6.45, 7) is 1.37. The Labute approximate surface area is 191 Å². The van der Waals surface area contributed by atoms with E-state index in [-0.39, 0.29) is 27.8 Å². The van der Waals surface area contributed by atoms with Gasteiger partial charge in [0.25, 0.3) is 10.0 Å². The van der Waals surface area contributed by atoms with Crippen molar-refractivity contribution in [3.63, 3.8) is 0 Å². The Bertz CT molecular complexity index is 1200. The monoisotopic (exact) mass is 472 g/mol. The lowest BCUT2D eigenvalue weighted by molar-refractivity contribution is -0.114. The van der Waals surface area contributed by atoms with E-state index >= 15 is 0 Å². The highest BCUT2D eigenvalue weighted by atomic mass is 35.5. The molecule has 0 aromatic heterocycles. The third-order valence-electron chi connectivity index (χ3n) is 4.41. The highest BCUT2D eigenvalue weighted by Crippen LogP contribution is 2.24. The number of nitrogens with one attached hydrogen (secondary N) is 1. The number of esters is 1. The van der Waals surface area contributed by atoms with E-state index in [1.165, 1.54) is 30.3 Å². The molecule has 1 N–H and O–H groups in total. The Morgan fingerprint density at radius 3 is 2.22 bits per heavy atom. The van der Waals surface area contributed by atoms with Crippen LogP contribution in [-0.2, 0) is 19.6 Å². The van der Waals surface area contributed by atoms with E-state index in [2.05, 4.69) is 5.32 Å². The van der Waals surface area contributed by atoms with Crippen molar-refractivity contribution < 1.29 is 22.7 Å². The molecular weight excluding hydrogens is 452 g/mol. The zero-order valence-corrected chi connectivity index (χ0v) is 18.8. The molecule has 0 atom stereocenters. The molecular formula is C23H21ClN2O5S. The molecule has 0 fully saturated rings. The SMILES string of the molecule is CCOC(=O)c1cc(NC(=O)CN(c2ccccc2)S(=O)(=O)c2ccccc2)ccc1Cl. The second kappa shape index (κ2) is 10.3. The van der Waals surface area contributed by atoms with Crippen LogP contribution in [0.1, 0.15) is 17.3 Å². The van der Waals surface area contributed by atoms with Gasteiger partial charge in [-0.3, -0.25) is 9.10 Å². The average molecular weight is 473 g/mol. The van der Waals surface area contributed by atoms with Crippen LogP contribution in [0.3, 0.4) is 0 Å². The molecule has 32 heavy (non-hydrogen) atoms. The van der Waals surface area contributed by atoms with Crippen molar-refractivity contribution in [1.29, 1.82) is 0 Å². The molecule has 0 saturated carbocycles. The van der Waals surface area contributed by atoms with Crippen molar-refractivity contribution in [2.45, 2.75) is 11.8 Å². The fourth-order valence-electron chi connectivity index (χ4n) is 2.93. The fourth-order valence-corrected chi connectivity index (χ4v) is 4.56. The second-order valence-electron chi connectivity index (χ2n) is 6.62. The van der Waals surface area contributed by atoms with Gasteiger partial charge >= 0.3 is 5.97 Å². The maximum atomic E-state index is 13.2. The lowest BCUT2D eigenvalue weighted by atomic mass is 10.2. The Morgan fingerprint density at radius 2 is 1.59 bits per heavy atom. The standard InChI is InChI=1S/C23H21ClN2O5S/c1-2-31-23(28)20-15-17(13-14-21(20)24)25-22(27)16-26(18-9-5-3-6-10-18)32(29,30)19-11-7-4-8-12-19/h3-15H,2,16H2,1H3,(H,25,27). The van der Waals surface area contributed by atoms with Crippen molar-refractivity contribution in [2.75, 3.05) is 22.8 Å². The van der Waals surface area contributed by atoms with Crippen LogP contribution in [0.15, 0.2) is 83.8 Å². The highest BCUT2D eigenvalue weighted by Gasteiger charge is 2.27. The van der Waals surface area contributed by atoms with Crippen LogP contribution in [0.5, 0.6) is 0 Å². The van der Waals surface area contributed by atoms with Crippen molar-refractivity contribution in [3.8, 4) is 0 Å². The molecule has 3 aromatic carbocycles. The Kier molecular flexibility index (Phi) is 7.50. The van der Waals surface area contributed by atoms with Gasteiger partial charge in [0.2, 0.25) is 5.91 Å². The third-order valence-corrected chi connectivity index (χ3v) is 6.53. The Hall–Kier alpha value is -3.36. The zero-order chi connectivity index (χ0) is 23.1. The minimum atomic E-state index is -4.00. The van der Waals surface area contributed by atoms with E-state index in [0.717, 1.165) is 4.31 Å². The second-order valence-corrected chi connectivity index (χ2v) is 8.89. The van der Waals surface area contributed by atoms with Gasteiger partial charge in [-0.05, 0) is 49.4 Å². The van der Waals surface area contributed by atoms with Crippen LogP contribution >= 0.6 is 11.6 Å². The lowest BCUT2D eigenvalue weighted by Gasteiger charge is -2.24. The number of carbonyl (C=O) groups is 2. The minimum Gasteiger partial charge on any atom is -0.462 e. The first-order chi connectivity index (χ1) is 15.3. The van der Waals surface area contributed by atoms with Gasteiger partial charge in [-0.15, -0.1) is 0 Å². The molecule has 0 unspecified atom stereocenters. The van der Waals surface area contributed by atoms with Crippen LogP contribution in [0.4, 0.5) is 11.4 Å². The molecule has 1 amide bonds. The summed E-state index contributed by atoms with van der Waals surface area (Å²) in [4.78, 5) is 24.9. The third kappa shape index (κ3) is 5.46. The molecule has 0 spiro atoms. The molecule has 9 heteroatoms. The summed E-state index contributed by atoms with van der Waals surface area (Å²) < 4.78 is 32.5. The van der Waals surface area contributed by atoms with Crippen molar-refractivity contribution in [1.82, 2.24) is 0 Å². The predicted octanol–water partition coefficient (Wildman–Crippen LogP) is 4.35. The first-order valence-corrected chi connectivity index (χ1v) is 11.5. The molecule has 0 bridgehead atoms. The van der Waals surface area contributed by atoms with Gasteiger partial charge in [-0.2, -0.15) is 0 Å². The van der Waals surface area contributed by atoms with Gasteiger partial charge < -0.3 is 10.1 Å². The molecule has 3 rings (SSSR count). The van der Waals surface area contributed by atoms with Gasteiger partial charge in [0.05, 0.1) is 27.8 Å². The number of hydrogen-bond acceptors (Lipinski definition) is 5. The average Bonchev–Trinajstić information content (AvgIpc) is 2.80. The molecule has 0 heterocycles. The normalized spacial score (nSPS) is 10.9. The number of benzene rings is 3. The molecule has 0 aliphatic carbocycles. The first kappa shape index (κ1) is 23.3. The maximum Gasteiger partial charge on any atom is 0.339 e. The quantitative estimate of drug-likeness (QED) is 0.492. The molecule has 3 aromatic rings. The number of sulfonamides is 1. The summed E-state index contributed by atoms with van der Waals surface area (Å²) >= 11 is 6.05. The number of halogens is 1. The number of rotatable bonds is 8. The number of hydrogen-bond donors (Lipinski definition) is 1. The van der Waals surface area contributed by atoms with Gasteiger partial charge in [-0.25, -0.2) is 13.2 Å². The summed E-state index contributed by atoms with van der Waals surface area (Å²) in [5.74, 6) is -1.21. The molecule has 7 nitrogen and oxygen atoms in total. The van der Waals surface area contributed by atoms with Crippen molar-refractivity contribution >= 4 is 44.9 Å². The van der Waals surface area contributed by atoms with E-state index in [9.17, 15) is 18.0 Å². The molecule has 0 aliphatic heterocycles. The molecule has 166 valence electrons. The lowest BCUT2D eigenvalue weighted by Crippen LogP contribution is -2.38. The van der Waals surface area contributed by atoms with Gasteiger partial charge in [0, 0.05) is 5.69 Å². The Balaban J connectivity index is 1.87. The smallest absolute Gasteiger partial charge is 0.339 e. The van der Waals surface area contributed by atoms with Crippen molar-refractivity contribution in [3.05, 3.63) is 89.4 Å². The molecule has 0 saturated heterocycles. The number of anilines is 2. The summed E-state index contributed by atoms with van der Waals surface area (Å²) in [7, 11) is -4.00. The fraction of sp³-hybridized carbons (Fsp3) is 0.130. The van der Waals surface area contributed by atoms with E-state index < -0.39 is 28.4 Å². The van der Waals surface area contributed by atoms with Crippen molar-refractivity contribution in [2.24, 2.45) is 0 Å². The number of carbonyl (C=O) groups excluding carboxylic acids is 2. The largest absolute Gasteiger partial charge is 0.462 e. The predicted molar refractivity (Wildman–Crippen MR) is 123 cm³/mol.